The van der Waals surface area contributed by atoms with E-state index in [1.165, 1.54) is 18.2 Å². The predicted octanol–water partition coefficient (Wildman–Crippen LogP) is 2.94. The maximum Gasteiger partial charge on any atom is 0.270 e. The Kier molecular flexibility index (Phi) is 4.49. The number of nitrogens with zero attached hydrogens (tertiary/aromatic N) is 1. The minimum absolute atomic E-state index is 0.00695. The molecule has 1 atom stereocenters. The van der Waals surface area contributed by atoms with Crippen LogP contribution in [0.25, 0.3) is 0 Å². The first-order valence-electron chi connectivity index (χ1n) is 6.67. The lowest BCUT2D eigenvalue weighted by Gasteiger charge is -2.35. The van der Waals surface area contributed by atoms with Crippen molar-refractivity contribution in [1.82, 2.24) is 5.32 Å². The normalized spacial score (nSPS) is 20.8. The van der Waals surface area contributed by atoms with Crippen LogP contribution in [0.4, 0.5) is 5.69 Å². The molecule has 2 rings (SSSR count). The number of nitrogens with one attached hydrogen (secondary N) is 1. The van der Waals surface area contributed by atoms with Crippen LogP contribution >= 0.6 is 11.6 Å². The van der Waals surface area contributed by atoms with Crippen molar-refractivity contribution in [3.8, 4) is 0 Å². The monoisotopic (exact) mass is 312 g/mol. The summed E-state index contributed by atoms with van der Waals surface area (Å²) in [6, 6.07) is 3.84. The highest BCUT2D eigenvalue weighted by Crippen LogP contribution is 2.26. The van der Waals surface area contributed by atoms with Crippen LogP contribution in [0.3, 0.4) is 0 Å². The van der Waals surface area contributed by atoms with Crippen LogP contribution in [0.15, 0.2) is 18.2 Å². The zero-order valence-corrected chi connectivity index (χ0v) is 12.6. The number of carbonyl (C=O) groups is 1. The maximum absolute atomic E-state index is 12.2. The van der Waals surface area contributed by atoms with Gasteiger partial charge in [0.05, 0.1) is 21.1 Å². The maximum atomic E-state index is 12.2. The zero-order chi connectivity index (χ0) is 15.6. The van der Waals surface area contributed by atoms with Crippen molar-refractivity contribution >= 4 is 23.2 Å². The van der Waals surface area contributed by atoms with Gasteiger partial charge in [0.15, 0.2) is 0 Å². The summed E-state index contributed by atoms with van der Waals surface area (Å²) >= 11 is 5.95. The molecule has 1 fully saturated rings. The van der Waals surface area contributed by atoms with Crippen LogP contribution in [0, 0.1) is 10.1 Å². The summed E-state index contributed by atoms with van der Waals surface area (Å²) < 4.78 is 5.60. The molecule has 0 radical (unpaired) electrons. The van der Waals surface area contributed by atoms with E-state index in [0.717, 1.165) is 6.42 Å². The number of amides is 1. The molecule has 1 aromatic carbocycles. The van der Waals surface area contributed by atoms with Crippen molar-refractivity contribution in [3.63, 3.8) is 0 Å². The fraction of sp³-hybridized carbons (Fsp3) is 0.500. The quantitative estimate of drug-likeness (QED) is 0.687. The van der Waals surface area contributed by atoms with Crippen LogP contribution in [0.5, 0.6) is 0 Å². The summed E-state index contributed by atoms with van der Waals surface area (Å²) in [5.41, 5.74) is -0.162. The van der Waals surface area contributed by atoms with E-state index < -0.39 is 4.92 Å². The number of halogens is 1. The van der Waals surface area contributed by atoms with Crippen molar-refractivity contribution < 1.29 is 14.5 Å². The molecule has 6 nitrogen and oxygen atoms in total. The van der Waals surface area contributed by atoms with Gasteiger partial charge in [-0.3, -0.25) is 14.9 Å². The Hall–Kier alpha value is -1.66. The molecule has 0 aliphatic carbocycles. The summed E-state index contributed by atoms with van der Waals surface area (Å²) in [5, 5.41) is 13.6. The SMILES string of the molecule is CC1(C)CC(NC(=O)c2ccc([N+](=O)[O-])cc2Cl)CCO1. The van der Waals surface area contributed by atoms with E-state index in [4.69, 9.17) is 16.3 Å². The number of benzene rings is 1. The van der Waals surface area contributed by atoms with Gasteiger partial charge in [-0.1, -0.05) is 11.6 Å². The Labute approximate surface area is 127 Å². The van der Waals surface area contributed by atoms with E-state index in [-0.39, 0.29) is 33.8 Å². The highest BCUT2D eigenvalue weighted by atomic mass is 35.5. The number of carbonyl (C=O) groups excluding carboxylic acids is 1. The molecular formula is C14H17ClN2O4. The summed E-state index contributed by atoms with van der Waals surface area (Å²) in [7, 11) is 0. The number of nitro benzene ring substituents is 1. The number of hydrogen-bond donors (Lipinski definition) is 1. The number of nitro groups is 1. The van der Waals surface area contributed by atoms with Gasteiger partial charge in [0.2, 0.25) is 0 Å². The molecule has 1 N–H and O–H groups in total. The van der Waals surface area contributed by atoms with E-state index in [0.29, 0.717) is 13.0 Å². The molecule has 0 aromatic heterocycles. The van der Waals surface area contributed by atoms with Crippen LogP contribution in [0.1, 0.15) is 37.0 Å². The Bertz CT molecular complexity index is 574. The van der Waals surface area contributed by atoms with Gasteiger partial charge in [0, 0.05) is 24.8 Å². The summed E-state index contributed by atoms with van der Waals surface area (Å²) in [6.07, 6.45) is 1.45. The highest BCUT2D eigenvalue weighted by Gasteiger charge is 2.30. The van der Waals surface area contributed by atoms with Gasteiger partial charge < -0.3 is 10.1 Å². The molecule has 1 aliphatic heterocycles. The highest BCUT2D eigenvalue weighted by molar-refractivity contribution is 6.34. The van der Waals surface area contributed by atoms with E-state index in [1.807, 2.05) is 13.8 Å². The van der Waals surface area contributed by atoms with Gasteiger partial charge in [0.25, 0.3) is 11.6 Å². The van der Waals surface area contributed by atoms with Crippen LogP contribution in [0.2, 0.25) is 5.02 Å². The van der Waals surface area contributed by atoms with Gasteiger partial charge in [-0.15, -0.1) is 0 Å². The van der Waals surface area contributed by atoms with Crippen LogP contribution in [-0.2, 0) is 4.74 Å². The smallest absolute Gasteiger partial charge is 0.270 e. The number of ether oxygens (including phenoxy) is 1. The number of non-ortho nitro benzene ring substituents is 1. The minimum Gasteiger partial charge on any atom is -0.375 e. The third-order valence-corrected chi connectivity index (χ3v) is 3.75. The molecule has 0 bridgehead atoms. The molecule has 0 saturated carbocycles. The van der Waals surface area contributed by atoms with Gasteiger partial charge in [-0.2, -0.15) is 0 Å². The zero-order valence-electron chi connectivity index (χ0n) is 11.9. The third kappa shape index (κ3) is 3.92. The lowest BCUT2D eigenvalue weighted by Crippen LogP contribution is -2.45. The molecule has 21 heavy (non-hydrogen) atoms. The lowest BCUT2D eigenvalue weighted by atomic mass is 9.94. The molecule has 1 amide bonds. The standard InChI is InChI=1S/C14H17ClN2O4/c1-14(2)8-9(5-6-21-14)16-13(18)11-4-3-10(17(19)20)7-12(11)15/h3-4,7,9H,5-6,8H2,1-2H3,(H,16,18). The Morgan fingerprint density at radius 3 is 2.81 bits per heavy atom. The van der Waals surface area contributed by atoms with Crippen molar-refractivity contribution in [2.75, 3.05) is 6.61 Å². The molecule has 1 aromatic rings. The summed E-state index contributed by atoms with van der Waals surface area (Å²) in [5.74, 6) is -0.322. The third-order valence-electron chi connectivity index (χ3n) is 3.44. The van der Waals surface area contributed by atoms with Gasteiger partial charge in [-0.25, -0.2) is 0 Å². The Morgan fingerprint density at radius 1 is 1.52 bits per heavy atom. The van der Waals surface area contributed by atoms with Crippen molar-refractivity contribution in [3.05, 3.63) is 38.9 Å². The van der Waals surface area contributed by atoms with Gasteiger partial charge in [-0.05, 0) is 32.8 Å². The Morgan fingerprint density at radius 2 is 2.24 bits per heavy atom. The average molecular weight is 313 g/mol. The second kappa shape index (κ2) is 5.99. The van der Waals surface area contributed by atoms with Gasteiger partial charge >= 0.3 is 0 Å². The second-order valence-electron chi connectivity index (χ2n) is 5.69. The van der Waals surface area contributed by atoms with Crippen molar-refractivity contribution in [2.45, 2.75) is 38.3 Å². The molecular weight excluding hydrogens is 296 g/mol. The first kappa shape index (κ1) is 15.7. The first-order chi connectivity index (χ1) is 9.78. The molecule has 1 aliphatic rings. The molecule has 7 heteroatoms. The van der Waals surface area contributed by atoms with E-state index >= 15 is 0 Å². The topological polar surface area (TPSA) is 81.5 Å². The molecule has 1 heterocycles. The summed E-state index contributed by atoms with van der Waals surface area (Å²) in [6.45, 7) is 4.54. The molecule has 114 valence electrons. The summed E-state index contributed by atoms with van der Waals surface area (Å²) in [4.78, 5) is 22.3. The molecule has 1 saturated heterocycles. The van der Waals surface area contributed by atoms with Gasteiger partial charge in [0.1, 0.15) is 0 Å². The average Bonchev–Trinajstić information content (AvgIpc) is 2.36. The largest absolute Gasteiger partial charge is 0.375 e. The molecule has 1 unspecified atom stereocenters. The molecule has 0 spiro atoms. The fourth-order valence-electron chi connectivity index (χ4n) is 2.42. The van der Waals surface area contributed by atoms with E-state index in [2.05, 4.69) is 5.32 Å². The Balaban J connectivity index is 2.08. The fourth-order valence-corrected chi connectivity index (χ4v) is 2.68. The van der Waals surface area contributed by atoms with Crippen LogP contribution in [-0.4, -0.2) is 29.1 Å². The van der Waals surface area contributed by atoms with Crippen molar-refractivity contribution in [1.29, 1.82) is 0 Å². The number of rotatable bonds is 3. The van der Waals surface area contributed by atoms with Crippen molar-refractivity contribution in [2.24, 2.45) is 0 Å². The number of hydrogen-bond acceptors (Lipinski definition) is 4. The first-order valence-corrected chi connectivity index (χ1v) is 7.05. The minimum atomic E-state index is -0.547. The second-order valence-corrected chi connectivity index (χ2v) is 6.10. The van der Waals surface area contributed by atoms with Crippen LogP contribution < -0.4 is 5.32 Å². The van der Waals surface area contributed by atoms with E-state index in [1.54, 1.807) is 0 Å². The lowest BCUT2D eigenvalue weighted by molar-refractivity contribution is -0.384. The predicted molar refractivity (Wildman–Crippen MR) is 78.6 cm³/mol. The van der Waals surface area contributed by atoms with E-state index in [9.17, 15) is 14.9 Å².